The van der Waals surface area contributed by atoms with Crippen molar-refractivity contribution < 1.29 is 4.79 Å². The van der Waals surface area contributed by atoms with Crippen molar-refractivity contribution in [1.29, 1.82) is 0 Å². The van der Waals surface area contributed by atoms with E-state index in [1.807, 2.05) is 33.8 Å². The van der Waals surface area contributed by atoms with E-state index in [2.05, 4.69) is 30.0 Å². The number of aromatic nitrogens is 4. The highest BCUT2D eigenvalue weighted by Crippen LogP contribution is 2.22. The van der Waals surface area contributed by atoms with Crippen LogP contribution in [0.25, 0.3) is 11.2 Å². The molecule has 0 aliphatic heterocycles. The zero-order valence-corrected chi connectivity index (χ0v) is 14.2. The SMILES string of the molecule is Cc1cc(Nc2cnc3[nH]cc(C(=O)NC(C)(C)C)c3n2)sn1. The molecule has 120 valence electrons. The molecule has 0 aliphatic carbocycles. The Hall–Kier alpha value is -2.48. The van der Waals surface area contributed by atoms with Crippen LogP contribution in [0.15, 0.2) is 18.5 Å². The third kappa shape index (κ3) is 3.48. The second-order valence-electron chi connectivity index (χ2n) is 6.32. The van der Waals surface area contributed by atoms with Gasteiger partial charge in [0.25, 0.3) is 5.91 Å². The molecule has 3 heterocycles. The number of fused-ring (bicyclic) bond motifs is 1. The second kappa shape index (κ2) is 5.62. The highest BCUT2D eigenvalue weighted by atomic mass is 32.1. The number of H-pyrrole nitrogens is 1. The van der Waals surface area contributed by atoms with E-state index in [0.29, 0.717) is 22.5 Å². The molecule has 0 aromatic carbocycles. The van der Waals surface area contributed by atoms with Crippen molar-refractivity contribution >= 4 is 39.4 Å². The lowest BCUT2D eigenvalue weighted by atomic mass is 10.1. The summed E-state index contributed by atoms with van der Waals surface area (Å²) in [6.45, 7) is 7.73. The number of carbonyl (C=O) groups excluding carboxylic acids is 1. The Morgan fingerprint density at radius 3 is 2.78 bits per heavy atom. The van der Waals surface area contributed by atoms with E-state index in [9.17, 15) is 4.79 Å². The van der Waals surface area contributed by atoms with Gasteiger partial charge in [-0.1, -0.05) is 0 Å². The Bertz CT molecular complexity index is 860. The smallest absolute Gasteiger partial charge is 0.255 e. The summed E-state index contributed by atoms with van der Waals surface area (Å²) in [7, 11) is 0. The van der Waals surface area contributed by atoms with Gasteiger partial charge in [-0.2, -0.15) is 4.37 Å². The van der Waals surface area contributed by atoms with Gasteiger partial charge in [-0.25, -0.2) is 9.97 Å². The summed E-state index contributed by atoms with van der Waals surface area (Å²) in [4.78, 5) is 24.2. The minimum absolute atomic E-state index is 0.177. The lowest BCUT2D eigenvalue weighted by Gasteiger charge is -2.19. The van der Waals surface area contributed by atoms with Crippen LogP contribution in [-0.4, -0.2) is 30.8 Å². The Labute approximate surface area is 137 Å². The number of amides is 1. The summed E-state index contributed by atoms with van der Waals surface area (Å²) in [6, 6.07) is 1.93. The molecule has 0 saturated carbocycles. The first-order valence-electron chi connectivity index (χ1n) is 7.19. The maximum Gasteiger partial charge on any atom is 0.255 e. The van der Waals surface area contributed by atoms with Crippen molar-refractivity contribution in [3.63, 3.8) is 0 Å². The molecule has 1 amide bonds. The number of hydrogen-bond donors (Lipinski definition) is 3. The van der Waals surface area contributed by atoms with E-state index >= 15 is 0 Å². The zero-order valence-electron chi connectivity index (χ0n) is 13.4. The largest absolute Gasteiger partial charge is 0.347 e. The van der Waals surface area contributed by atoms with Crippen molar-refractivity contribution in [2.45, 2.75) is 33.2 Å². The Morgan fingerprint density at radius 2 is 2.13 bits per heavy atom. The molecule has 0 fully saturated rings. The number of anilines is 2. The first-order chi connectivity index (χ1) is 10.8. The number of aryl methyl sites for hydroxylation is 1. The highest BCUT2D eigenvalue weighted by molar-refractivity contribution is 7.10. The summed E-state index contributed by atoms with van der Waals surface area (Å²) in [5, 5.41) is 6.97. The van der Waals surface area contributed by atoms with Gasteiger partial charge in [-0.15, -0.1) is 0 Å². The topological polar surface area (TPSA) is 95.6 Å². The summed E-state index contributed by atoms with van der Waals surface area (Å²) < 4.78 is 4.21. The number of rotatable bonds is 3. The van der Waals surface area contributed by atoms with E-state index < -0.39 is 0 Å². The van der Waals surface area contributed by atoms with Gasteiger partial charge in [0.1, 0.15) is 16.3 Å². The molecule has 0 aliphatic rings. The molecule has 0 bridgehead atoms. The zero-order chi connectivity index (χ0) is 16.6. The third-order valence-corrected chi connectivity index (χ3v) is 3.79. The van der Waals surface area contributed by atoms with Crippen LogP contribution in [0.5, 0.6) is 0 Å². The summed E-state index contributed by atoms with van der Waals surface area (Å²) in [5.41, 5.74) is 2.22. The standard InChI is InChI=1S/C15H18N6OS/c1-8-5-11(23-21-8)18-10-7-17-13-12(19-10)9(6-16-13)14(22)20-15(2,3)4/h5-7H,1-4H3,(H,16,17)(H,18,19)(H,20,22). The van der Waals surface area contributed by atoms with Crippen molar-refractivity contribution in [3.05, 3.63) is 29.7 Å². The molecule has 3 N–H and O–H groups in total. The third-order valence-electron chi connectivity index (χ3n) is 2.99. The predicted octanol–water partition coefficient (Wildman–Crippen LogP) is 2.99. The maximum absolute atomic E-state index is 12.4. The molecule has 0 unspecified atom stereocenters. The number of hydrogen-bond acceptors (Lipinski definition) is 6. The normalized spacial score (nSPS) is 11.7. The van der Waals surface area contributed by atoms with Gasteiger partial charge in [0.15, 0.2) is 5.65 Å². The average molecular weight is 330 g/mol. The number of nitrogens with zero attached hydrogens (tertiary/aromatic N) is 3. The van der Waals surface area contributed by atoms with Crippen LogP contribution in [0.4, 0.5) is 10.8 Å². The van der Waals surface area contributed by atoms with E-state index in [-0.39, 0.29) is 11.4 Å². The van der Waals surface area contributed by atoms with Gasteiger partial charge >= 0.3 is 0 Å². The fourth-order valence-electron chi connectivity index (χ4n) is 2.08. The van der Waals surface area contributed by atoms with Gasteiger partial charge in [0.2, 0.25) is 0 Å². The Kier molecular flexibility index (Phi) is 3.77. The van der Waals surface area contributed by atoms with Crippen molar-refractivity contribution in [3.8, 4) is 0 Å². The van der Waals surface area contributed by atoms with Crippen molar-refractivity contribution in [2.24, 2.45) is 0 Å². The number of aromatic amines is 1. The van der Waals surface area contributed by atoms with Gasteiger partial charge < -0.3 is 15.6 Å². The first-order valence-corrected chi connectivity index (χ1v) is 7.96. The molecule has 3 aromatic heterocycles. The fraction of sp³-hybridized carbons (Fsp3) is 0.333. The van der Waals surface area contributed by atoms with Crippen LogP contribution in [0, 0.1) is 6.92 Å². The van der Waals surface area contributed by atoms with E-state index in [0.717, 1.165) is 10.7 Å². The van der Waals surface area contributed by atoms with Gasteiger partial charge in [0.05, 0.1) is 17.5 Å². The molecule has 3 rings (SSSR count). The van der Waals surface area contributed by atoms with Gasteiger partial charge in [0, 0.05) is 11.7 Å². The minimum Gasteiger partial charge on any atom is -0.347 e. The molecule has 0 saturated heterocycles. The van der Waals surface area contributed by atoms with Crippen molar-refractivity contribution in [2.75, 3.05) is 5.32 Å². The first kappa shape index (κ1) is 15.4. The fourth-order valence-corrected chi connectivity index (χ4v) is 2.75. The molecule has 7 nitrogen and oxygen atoms in total. The molecule has 0 spiro atoms. The highest BCUT2D eigenvalue weighted by Gasteiger charge is 2.19. The Balaban J connectivity index is 1.92. The molecule has 23 heavy (non-hydrogen) atoms. The lowest BCUT2D eigenvalue weighted by Crippen LogP contribution is -2.40. The van der Waals surface area contributed by atoms with Crippen LogP contribution in [0.1, 0.15) is 36.8 Å². The van der Waals surface area contributed by atoms with E-state index in [4.69, 9.17) is 0 Å². The molecular formula is C15H18N6OS. The second-order valence-corrected chi connectivity index (χ2v) is 7.12. The quantitative estimate of drug-likeness (QED) is 0.686. The number of nitrogens with one attached hydrogen (secondary N) is 3. The summed E-state index contributed by atoms with van der Waals surface area (Å²) in [5.74, 6) is 0.398. The van der Waals surface area contributed by atoms with Crippen LogP contribution in [-0.2, 0) is 0 Å². The van der Waals surface area contributed by atoms with Crippen LogP contribution in [0.3, 0.4) is 0 Å². The Morgan fingerprint density at radius 1 is 1.35 bits per heavy atom. The van der Waals surface area contributed by atoms with Crippen molar-refractivity contribution in [1.82, 2.24) is 24.6 Å². The maximum atomic E-state index is 12.4. The molecular weight excluding hydrogens is 312 g/mol. The summed E-state index contributed by atoms with van der Waals surface area (Å²) in [6.07, 6.45) is 3.26. The molecule has 3 aromatic rings. The minimum atomic E-state index is -0.315. The monoisotopic (exact) mass is 330 g/mol. The van der Waals surface area contributed by atoms with Crippen LogP contribution >= 0.6 is 11.5 Å². The van der Waals surface area contributed by atoms with Crippen LogP contribution in [0.2, 0.25) is 0 Å². The van der Waals surface area contributed by atoms with Gasteiger partial charge in [-0.3, -0.25) is 4.79 Å². The molecule has 0 atom stereocenters. The average Bonchev–Trinajstić information content (AvgIpc) is 3.03. The van der Waals surface area contributed by atoms with Crippen LogP contribution < -0.4 is 10.6 Å². The van der Waals surface area contributed by atoms with E-state index in [1.165, 1.54) is 11.5 Å². The molecule has 8 heteroatoms. The lowest BCUT2D eigenvalue weighted by molar-refractivity contribution is 0.0921. The number of carbonyl (C=O) groups is 1. The summed E-state index contributed by atoms with van der Waals surface area (Å²) >= 11 is 1.35. The van der Waals surface area contributed by atoms with Gasteiger partial charge in [-0.05, 0) is 45.3 Å². The molecule has 0 radical (unpaired) electrons. The predicted molar refractivity (Wildman–Crippen MR) is 91.2 cm³/mol. The van der Waals surface area contributed by atoms with E-state index in [1.54, 1.807) is 12.4 Å².